The number of carbonyl (C=O) groups excluding carboxylic acids is 1. The molecule has 0 atom stereocenters. The average molecular weight is 319 g/mol. The Hall–Kier alpha value is -1.27. The standard InChI is InChI=1S/C13H19ClN2O3S/c1-3-9-15-13(17)16(10-4-2)20(18,19)12-7-5-11(14)6-8-12/h5-8H,3-4,9-10H2,1-2H3,(H,15,17). The van der Waals surface area contributed by atoms with Crippen molar-refractivity contribution in [2.24, 2.45) is 0 Å². The molecule has 0 saturated heterocycles. The molecular formula is C13H19ClN2O3S. The van der Waals surface area contributed by atoms with Gasteiger partial charge in [-0.15, -0.1) is 0 Å². The molecule has 0 bridgehead atoms. The first-order chi connectivity index (χ1) is 9.43. The first-order valence-electron chi connectivity index (χ1n) is 6.49. The van der Waals surface area contributed by atoms with E-state index in [-0.39, 0.29) is 11.4 Å². The molecule has 7 heteroatoms. The van der Waals surface area contributed by atoms with Crippen molar-refractivity contribution in [2.75, 3.05) is 13.1 Å². The summed E-state index contributed by atoms with van der Waals surface area (Å²) in [6.45, 7) is 4.30. The lowest BCUT2D eigenvalue weighted by Gasteiger charge is -2.22. The second-order valence-electron chi connectivity index (χ2n) is 4.26. The van der Waals surface area contributed by atoms with E-state index in [0.717, 1.165) is 10.7 Å². The van der Waals surface area contributed by atoms with E-state index in [1.54, 1.807) is 0 Å². The van der Waals surface area contributed by atoms with Crippen molar-refractivity contribution in [1.29, 1.82) is 0 Å². The lowest BCUT2D eigenvalue weighted by molar-refractivity contribution is 0.223. The zero-order valence-corrected chi connectivity index (χ0v) is 13.2. The van der Waals surface area contributed by atoms with Crippen LogP contribution in [0.25, 0.3) is 0 Å². The summed E-state index contributed by atoms with van der Waals surface area (Å²) in [6, 6.07) is 5.18. The fourth-order valence-corrected chi connectivity index (χ4v) is 3.15. The summed E-state index contributed by atoms with van der Waals surface area (Å²) in [5.41, 5.74) is 0. The quantitative estimate of drug-likeness (QED) is 0.877. The number of halogens is 1. The first kappa shape index (κ1) is 16.8. The Bertz CT molecular complexity index is 543. The molecule has 0 aliphatic rings. The zero-order valence-electron chi connectivity index (χ0n) is 11.6. The van der Waals surface area contributed by atoms with Gasteiger partial charge in [0, 0.05) is 18.1 Å². The van der Waals surface area contributed by atoms with Crippen LogP contribution in [0.5, 0.6) is 0 Å². The van der Waals surface area contributed by atoms with Gasteiger partial charge >= 0.3 is 6.03 Å². The highest BCUT2D eigenvalue weighted by atomic mass is 35.5. The van der Waals surface area contributed by atoms with Crippen molar-refractivity contribution in [3.63, 3.8) is 0 Å². The molecule has 2 amide bonds. The highest BCUT2D eigenvalue weighted by molar-refractivity contribution is 7.89. The molecule has 1 aromatic carbocycles. The van der Waals surface area contributed by atoms with Crippen LogP contribution >= 0.6 is 11.6 Å². The van der Waals surface area contributed by atoms with Crippen molar-refractivity contribution >= 4 is 27.7 Å². The minimum atomic E-state index is -3.85. The second kappa shape index (κ2) is 7.50. The molecule has 0 radical (unpaired) electrons. The van der Waals surface area contributed by atoms with Gasteiger partial charge in [-0.25, -0.2) is 17.5 Å². The maximum absolute atomic E-state index is 12.5. The average Bonchev–Trinajstić information content (AvgIpc) is 2.42. The molecule has 1 rings (SSSR count). The van der Waals surface area contributed by atoms with Gasteiger partial charge in [0.25, 0.3) is 10.0 Å². The predicted octanol–water partition coefficient (Wildman–Crippen LogP) is 2.86. The number of urea groups is 1. The molecule has 5 nitrogen and oxygen atoms in total. The molecular weight excluding hydrogens is 300 g/mol. The van der Waals surface area contributed by atoms with Crippen molar-refractivity contribution in [1.82, 2.24) is 9.62 Å². The first-order valence-corrected chi connectivity index (χ1v) is 8.31. The van der Waals surface area contributed by atoms with Crippen LogP contribution in [-0.4, -0.2) is 31.8 Å². The predicted molar refractivity (Wildman–Crippen MR) is 79.3 cm³/mol. The summed E-state index contributed by atoms with van der Waals surface area (Å²) in [6.07, 6.45) is 1.29. The normalized spacial score (nSPS) is 11.2. The van der Waals surface area contributed by atoms with E-state index < -0.39 is 16.1 Å². The Morgan fingerprint density at radius 2 is 1.80 bits per heavy atom. The van der Waals surface area contributed by atoms with Gasteiger partial charge < -0.3 is 5.32 Å². The molecule has 0 aliphatic heterocycles. The SMILES string of the molecule is CCCNC(=O)N(CCC)S(=O)(=O)c1ccc(Cl)cc1. The van der Waals surface area contributed by atoms with E-state index in [1.165, 1.54) is 24.3 Å². The van der Waals surface area contributed by atoms with Gasteiger partial charge in [0.1, 0.15) is 0 Å². The molecule has 0 spiro atoms. The molecule has 112 valence electrons. The lowest BCUT2D eigenvalue weighted by atomic mass is 10.4. The molecule has 0 heterocycles. The van der Waals surface area contributed by atoms with Crippen LogP contribution in [0.1, 0.15) is 26.7 Å². The van der Waals surface area contributed by atoms with Crippen LogP contribution in [-0.2, 0) is 10.0 Å². The van der Waals surface area contributed by atoms with Crippen LogP contribution in [0, 0.1) is 0 Å². The Morgan fingerprint density at radius 3 is 2.30 bits per heavy atom. The maximum Gasteiger partial charge on any atom is 0.331 e. The third-order valence-corrected chi connectivity index (χ3v) is 4.63. The molecule has 0 aliphatic carbocycles. The molecule has 1 N–H and O–H groups in total. The van der Waals surface area contributed by atoms with E-state index >= 15 is 0 Å². The van der Waals surface area contributed by atoms with E-state index in [1.807, 2.05) is 13.8 Å². The van der Waals surface area contributed by atoms with Gasteiger partial charge in [0.05, 0.1) is 4.90 Å². The van der Waals surface area contributed by atoms with Crippen LogP contribution in [0.4, 0.5) is 4.79 Å². The summed E-state index contributed by atoms with van der Waals surface area (Å²) in [7, 11) is -3.85. The Labute approximate surface area is 125 Å². The highest BCUT2D eigenvalue weighted by Gasteiger charge is 2.28. The molecule has 0 unspecified atom stereocenters. The highest BCUT2D eigenvalue weighted by Crippen LogP contribution is 2.18. The number of carbonyl (C=O) groups is 1. The molecule has 0 fully saturated rings. The van der Waals surface area contributed by atoms with E-state index in [2.05, 4.69) is 5.32 Å². The fraction of sp³-hybridized carbons (Fsp3) is 0.462. The number of benzene rings is 1. The number of nitrogens with one attached hydrogen (secondary N) is 1. The number of rotatable bonds is 6. The summed E-state index contributed by atoms with van der Waals surface area (Å²) in [5, 5.41) is 3.03. The van der Waals surface area contributed by atoms with Gasteiger partial charge in [0.15, 0.2) is 0 Å². The van der Waals surface area contributed by atoms with Gasteiger partial charge in [-0.05, 0) is 37.1 Å². The van der Waals surface area contributed by atoms with E-state index in [0.29, 0.717) is 18.0 Å². The van der Waals surface area contributed by atoms with Gasteiger partial charge in [0.2, 0.25) is 0 Å². The summed E-state index contributed by atoms with van der Waals surface area (Å²) >= 11 is 5.75. The lowest BCUT2D eigenvalue weighted by Crippen LogP contribution is -2.44. The number of nitrogens with zero attached hydrogens (tertiary/aromatic N) is 1. The van der Waals surface area contributed by atoms with Crippen molar-refractivity contribution in [3.8, 4) is 0 Å². The Balaban J connectivity index is 3.05. The smallest absolute Gasteiger partial charge is 0.331 e. The van der Waals surface area contributed by atoms with Crippen LogP contribution in [0.3, 0.4) is 0 Å². The van der Waals surface area contributed by atoms with E-state index in [9.17, 15) is 13.2 Å². The van der Waals surface area contributed by atoms with Crippen LogP contribution < -0.4 is 5.32 Å². The molecule has 20 heavy (non-hydrogen) atoms. The monoisotopic (exact) mass is 318 g/mol. The third kappa shape index (κ3) is 4.11. The number of sulfonamides is 1. The third-order valence-electron chi connectivity index (χ3n) is 2.58. The molecule has 0 saturated carbocycles. The maximum atomic E-state index is 12.5. The summed E-state index contributed by atoms with van der Waals surface area (Å²) < 4.78 is 25.8. The Morgan fingerprint density at radius 1 is 1.20 bits per heavy atom. The van der Waals surface area contributed by atoms with Crippen LogP contribution in [0.2, 0.25) is 5.02 Å². The molecule has 1 aromatic rings. The van der Waals surface area contributed by atoms with Gasteiger partial charge in [-0.3, -0.25) is 0 Å². The minimum absolute atomic E-state index is 0.0574. The number of hydrogen-bond acceptors (Lipinski definition) is 3. The fourth-order valence-electron chi connectivity index (χ4n) is 1.59. The van der Waals surface area contributed by atoms with Gasteiger partial charge in [-0.1, -0.05) is 25.4 Å². The molecule has 0 aromatic heterocycles. The topological polar surface area (TPSA) is 66.5 Å². The van der Waals surface area contributed by atoms with Gasteiger partial charge in [-0.2, -0.15) is 0 Å². The van der Waals surface area contributed by atoms with Crippen LogP contribution in [0.15, 0.2) is 29.2 Å². The minimum Gasteiger partial charge on any atom is -0.337 e. The van der Waals surface area contributed by atoms with Crippen molar-refractivity contribution in [3.05, 3.63) is 29.3 Å². The van der Waals surface area contributed by atoms with Crippen molar-refractivity contribution < 1.29 is 13.2 Å². The summed E-state index contributed by atoms with van der Waals surface area (Å²) in [5.74, 6) is 0. The second-order valence-corrected chi connectivity index (χ2v) is 6.56. The zero-order chi connectivity index (χ0) is 15.2. The van der Waals surface area contributed by atoms with E-state index in [4.69, 9.17) is 11.6 Å². The summed E-state index contributed by atoms with van der Waals surface area (Å²) in [4.78, 5) is 12.0. The van der Waals surface area contributed by atoms with Crippen molar-refractivity contribution in [2.45, 2.75) is 31.6 Å². The largest absolute Gasteiger partial charge is 0.337 e. The number of amides is 2. The number of hydrogen-bond donors (Lipinski definition) is 1. The Kier molecular flexibility index (Phi) is 6.29.